The van der Waals surface area contributed by atoms with Crippen LogP contribution in [0.25, 0.3) is 0 Å². The molecule has 0 spiro atoms. The largest absolute Gasteiger partial charge is 0.383 e. The van der Waals surface area contributed by atoms with Gasteiger partial charge in [-0.3, -0.25) is 0 Å². The molecule has 1 unspecified atom stereocenters. The highest BCUT2D eigenvalue weighted by molar-refractivity contribution is 5.75. The molecule has 5 nitrogen and oxygen atoms in total. The molecule has 0 aromatic heterocycles. The van der Waals surface area contributed by atoms with Crippen LogP contribution < -0.4 is 5.32 Å². The van der Waals surface area contributed by atoms with Crippen molar-refractivity contribution in [1.82, 2.24) is 15.1 Å². The highest BCUT2D eigenvalue weighted by Gasteiger charge is 2.30. The third-order valence-corrected chi connectivity index (χ3v) is 5.61. The van der Waals surface area contributed by atoms with Crippen molar-refractivity contribution in [2.24, 2.45) is 0 Å². The maximum absolute atomic E-state index is 12.9. The van der Waals surface area contributed by atoms with Gasteiger partial charge >= 0.3 is 6.03 Å². The van der Waals surface area contributed by atoms with Crippen LogP contribution in [0, 0.1) is 0 Å². The molecule has 138 valence electrons. The van der Waals surface area contributed by atoms with Gasteiger partial charge in [-0.1, -0.05) is 31.2 Å². The van der Waals surface area contributed by atoms with E-state index in [1.54, 1.807) is 7.11 Å². The van der Waals surface area contributed by atoms with E-state index in [1.807, 2.05) is 4.90 Å². The fourth-order valence-corrected chi connectivity index (χ4v) is 3.97. The standard InChI is InChI=1S/C20H31N3O2/c1-3-19-14-16-6-4-5-7-17(16)15-23(19)20(24)21-18-8-10-22(11-9-18)12-13-25-2/h4-7,18-19H,3,8-15H2,1-2H3,(H,21,24). The molecule has 2 aliphatic heterocycles. The third-order valence-electron chi connectivity index (χ3n) is 5.61. The molecule has 25 heavy (non-hydrogen) atoms. The minimum Gasteiger partial charge on any atom is -0.383 e. The highest BCUT2D eigenvalue weighted by Crippen LogP contribution is 2.25. The Balaban J connectivity index is 1.54. The van der Waals surface area contributed by atoms with Crippen LogP contribution in [0.4, 0.5) is 4.79 Å². The number of methoxy groups -OCH3 is 1. The number of benzene rings is 1. The van der Waals surface area contributed by atoms with Crippen molar-refractivity contribution in [3.05, 3.63) is 35.4 Å². The summed E-state index contributed by atoms with van der Waals surface area (Å²) in [7, 11) is 1.74. The number of carbonyl (C=O) groups is 1. The van der Waals surface area contributed by atoms with Gasteiger partial charge in [0.1, 0.15) is 0 Å². The molecule has 1 aromatic rings. The first kappa shape index (κ1) is 18.2. The Morgan fingerprint density at radius 1 is 1.24 bits per heavy atom. The second-order valence-electron chi connectivity index (χ2n) is 7.22. The highest BCUT2D eigenvalue weighted by atomic mass is 16.5. The molecule has 2 amide bonds. The number of amides is 2. The Hall–Kier alpha value is -1.59. The van der Waals surface area contributed by atoms with E-state index in [9.17, 15) is 4.79 Å². The van der Waals surface area contributed by atoms with E-state index in [-0.39, 0.29) is 6.03 Å². The second kappa shape index (κ2) is 8.68. The number of hydrogen-bond acceptors (Lipinski definition) is 3. The van der Waals surface area contributed by atoms with Crippen molar-refractivity contribution >= 4 is 6.03 Å². The minimum absolute atomic E-state index is 0.108. The van der Waals surface area contributed by atoms with E-state index >= 15 is 0 Å². The zero-order valence-corrected chi connectivity index (χ0v) is 15.5. The van der Waals surface area contributed by atoms with Gasteiger partial charge in [0, 0.05) is 45.4 Å². The molecule has 1 N–H and O–H groups in total. The molecular weight excluding hydrogens is 314 g/mol. The summed E-state index contributed by atoms with van der Waals surface area (Å²) < 4.78 is 5.15. The molecule has 1 aromatic carbocycles. The fourth-order valence-electron chi connectivity index (χ4n) is 3.97. The Bertz CT molecular complexity index is 570. The predicted molar refractivity (Wildman–Crippen MR) is 99.6 cm³/mol. The van der Waals surface area contributed by atoms with Crippen LogP contribution in [0.3, 0.4) is 0 Å². The maximum Gasteiger partial charge on any atom is 0.318 e. The van der Waals surface area contributed by atoms with Crippen LogP contribution in [-0.4, -0.2) is 61.3 Å². The number of ether oxygens (including phenoxy) is 1. The van der Waals surface area contributed by atoms with Crippen LogP contribution in [0.5, 0.6) is 0 Å². The fraction of sp³-hybridized carbons (Fsp3) is 0.650. The summed E-state index contributed by atoms with van der Waals surface area (Å²) >= 11 is 0. The maximum atomic E-state index is 12.9. The van der Waals surface area contributed by atoms with Gasteiger partial charge in [0.25, 0.3) is 0 Å². The first-order chi connectivity index (χ1) is 12.2. The summed E-state index contributed by atoms with van der Waals surface area (Å²) in [6, 6.07) is 9.21. The molecule has 0 saturated carbocycles. The van der Waals surface area contributed by atoms with Crippen molar-refractivity contribution in [1.29, 1.82) is 0 Å². The summed E-state index contributed by atoms with van der Waals surface area (Å²) in [5.41, 5.74) is 2.68. The molecule has 1 saturated heterocycles. The lowest BCUT2D eigenvalue weighted by atomic mass is 9.93. The van der Waals surface area contributed by atoms with Gasteiger partial charge in [-0.2, -0.15) is 0 Å². The minimum atomic E-state index is 0.108. The van der Waals surface area contributed by atoms with Gasteiger partial charge in [-0.25, -0.2) is 4.79 Å². The second-order valence-corrected chi connectivity index (χ2v) is 7.22. The van der Waals surface area contributed by atoms with Gasteiger partial charge in [0.05, 0.1) is 6.61 Å². The molecule has 5 heteroatoms. The van der Waals surface area contributed by atoms with Gasteiger partial charge in [-0.05, 0) is 36.8 Å². The third kappa shape index (κ3) is 4.53. The molecule has 0 bridgehead atoms. The van der Waals surface area contributed by atoms with Gasteiger partial charge in [-0.15, -0.1) is 0 Å². The molecule has 3 rings (SSSR count). The average molecular weight is 345 g/mol. The van der Waals surface area contributed by atoms with E-state index in [1.165, 1.54) is 11.1 Å². The van der Waals surface area contributed by atoms with E-state index in [4.69, 9.17) is 4.74 Å². The molecule has 1 fully saturated rings. The van der Waals surface area contributed by atoms with Crippen LogP contribution >= 0.6 is 0 Å². The predicted octanol–water partition coefficient (Wildman–Crippen LogP) is 2.64. The Kier molecular flexibility index (Phi) is 6.32. The van der Waals surface area contributed by atoms with Gasteiger partial charge in [0.2, 0.25) is 0 Å². The Morgan fingerprint density at radius 3 is 2.64 bits per heavy atom. The van der Waals surface area contributed by atoms with Crippen LogP contribution in [0.1, 0.15) is 37.3 Å². The Labute approximate surface area is 151 Å². The Morgan fingerprint density at radius 2 is 1.96 bits per heavy atom. The van der Waals surface area contributed by atoms with Crippen molar-refractivity contribution in [2.75, 3.05) is 33.4 Å². The van der Waals surface area contributed by atoms with E-state index in [0.717, 1.165) is 58.5 Å². The molecule has 1 atom stereocenters. The zero-order chi connectivity index (χ0) is 17.6. The van der Waals surface area contributed by atoms with E-state index in [2.05, 4.69) is 41.4 Å². The lowest BCUT2D eigenvalue weighted by Gasteiger charge is -2.38. The van der Waals surface area contributed by atoms with Crippen molar-refractivity contribution in [3.8, 4) is 0 Å². The van der Waals surface area contributed by atoms with Gasteiger partial charge in [0.15, 0.2) is 0 Å². The van der Waals surface area contributed by atoms with Crippen molar-refractivity contribution in [2.45, 2.75) is 51.2 Å². The van der Waals surface area contributed by atoms with Crippen LogP contribution in [-0.2, 0) is 17.7 Å². The number of rotatable bonds is 5. The molecule has 0 radical (unpaired) electrons. The molecule has 2 aliphatic rings. The number of hydrogen-bond donors (Lipinski definition) is 1. The monoisotopic (exact) mass is 345 g/mol. The van der Waals surface area contributed by atoms with E-state index < -0.39 is 0 Å². The van der Waals surface area contributed by atoms with Crippen LogP contribution in [0.15, 0.2) is 24.3 Å². The normalized spacial score (nSPS) is 21.8. The van der Waals surface area contributed by atoms with Crippen LogP contribution in [0.2, 0.25) is 0 Å². The summed E-state index contributed by atoms with van der Waals surface area (Å²) in [4.78, 5) is 17.3. The number of carbonyl (C=O) groups excluding carboxylic acids is 1. The first-order valence-electron chi connectivity index (χ1n) is 9.56. The molecule has 0 aliphatic carbocycles. The lowest BCUT2D eigenvalue weighted by Crippen LogP contribution is -2.53. The summed E-state index contributed by atoms with van der Waals surface area (Å²) in [6.07, 6.45) is 4.01. The summed E-state index contributed by atoms with van der Waals surface area (Å²) in [5.74, 6) is 0. The van der Waals surface area contributed by atoms with E-state index in [0.29, 0.717) is 12.1 Å². The average Bonchev–Trinajstić information content (AvgIpc) is 2.66. The smallest absolute Gasteiger partial charge is 0.318 e. The molecular formula is C20H31N3O2. The number of nitrogens with one attached hydrogen (secondary N) is 1. The summed E-state index contributed by atoms with van der Waals surface area (Å²) in [6.45, 7) is 6.74. The zero-order valence-electron chi connectivity index (χ0n) is 15.5. The number of urea groups is 1. The molecule has 2 heterocycles. The number of likely N-dealkylation sites (tertiary alicyclic amines) is 1. The number of fused-ring (bicyclic) bond motifs is 1. The first-order valence-corrected chi connectivity index (χ1v) is 9.56. The SMILES string of the molecule is CCC1Cc2ccccc2CN1C(=O)NC1CCN(CCOC)CC1. The van der Waals surface area contributed by atoms with Crippen molar-refractivity contribution in [3.63, 3.8) is 0 Å². The quantitative estimate of drug-likeness (QED) is 0.892. The number of piperidine rings is 1. The lowest BCUT2D eigenvalue weighted by molar-refractivity contribution is 0.121. The van der Waals surface area contributed by atoms with Gasteiger partial charge < -0.3 is 19.9 Å². The summed E-state index contributed by atoms with van der Waals surface area (Å²) in [5, 5.41) is 3.29. The van der Waals surface area contributed by atoms with Crippen molar-refractivity contribution < 1.29 is 9.53 Å². The number of nitrogens with zero attached hydrogens (tertiary/aromatic N) is 2. The topological polar surface area (TPSA) is 44.8 Å².